The third kappa shape index (κ3) is 16.2. The summed E-state index contributed by atoms with van der Waals surface area (Å²) in [4.78, 5) is 46.9. The molecule has 0 bridgehead atoms. The third-order valence-corrected chi connectivity index (χ3v) is 12.4. The molecule has 0 spiro atoms. The van der Waals surface area contributed by atoms with Crippen molar-refractivity contribution < 1.29 is 50.9 Å². The van der Waals surface area contributed by atoms with Crippen LogP contribution in [0.5, 0.6) is 5.75 Å². The van der Waals surface area contributed by atoms with Gasteiger partial charge in [0.15, 0.2) is 0 Å². The Balaban J connectivity index is 1.13. The first-order valence-corrected chi connectivity index (χ1v) is 23.6. The summed E-state index contributed by atoms with van der Waals surface area (Å²) in [6, 6.07) is 15.3. The van der Waals surface area contributed by atoms with Crippen LogP contribution >= 0.6 is 0 Å². The summed E-state index contributed by atoms with van der Waals surface area (Å²) >= 11 is 0. The second-order valence-electron chi connectivity index (χ2n) is 18.7. The molecule has 0 aliphatic carbocycles. The molecule has 15 heteroatoms. The standard InChI is InChI=1S/C48H66N4O10S/c1-34-10-19-41(20-11-34)63(57,58)60-28-27-59-40-17-14-35(15-18-40)12-13-37-29-39(32-49-31-37)42(30-44(54)61-47(2,3)4)50-45(55)38-9-8-24-52(33-38)43(53)21-16-36-22-25-51(26-23-36)46(56)62-48(5,6)7/h10-11,14-15,17-20,29,31-32,36,38,42H,8-9,12-13,16,21-28,30,33H2,1-7H3,(H,50,55)/p+1/t38-,42?/m1/s1. The van der Waals surface area contributed by atoms with Crippen LogP contribution in [0.3, 0.4) is 0 Å². The summed E-state index contributed by atoms with van der Waals surface area (Å²) in [7, 11) is -3.87. The number of aliphatic hydroxyl groups excluding tert-OH is 1. The fourth-order valence-electron chi connectivity index (χ4n) is 7.70. The number of aromatic nitrogens is 1. The molecule has 2 aromatic carbocycles. The van der Waals surface area contributed by atoms with Crippen molar-refractivity contribution in [2.24, 2.45) is 11.8 Å². The van der Waals surface area contributed by atoms with Crippen LogP contribution in [-0.2, 0) is 51.0 Å². The number of nitrogens with zero attached hydrogens (tertiary/aromatic N) is 3. The van der Waals surface area contributed by atoms with Crippen molar-refractivity contribution in [2.75, 3.05) is 39.4 Å². The van der Waals surface area contributed by atoms with Gasteiger partial charge >= 0.3 is 12.1 Å². The number of aryl methyl sites for hydroxylation is 3. The number of ether oxygens (including phenoxy) is 3. The number of hydrogen-bond donors (Lipinski definition) is 2. The zero-order valence-electron chi connectivity index (χ0n) is 38.1. The molecule has 2 saturated heterocycles. The lowest BCUT2D eigenvalue weighted by Crippen LogP contribution is -2.46. The maximum Gasteiger partial charge on any atom is 0.547 e. The van der Waals surface area contributed by atoms with Crippen LogP contribution in [0.15, 0.2) is 71.9 Å². The van der Waals surface area contributed by atoms with Crippen molar-refractivity contribution in [2.45, 2.75) is 128 Å². The molecule has 2 aliphatic heterocycles. The van der Waals surface area contributed by atoms with Gasteiger partial charge in [-0.1, -0.05) is 35.9 Å². The average molecular weight is 892 g/mol. The minimum atomic E-state index is -3.87. The van der Waals surface area contributed by atoms with E-state index in [4.69, 9.17) is 18.4 Å². The summed E-state index contributed by atoms with van der Waals surface area (Å²) in [5.74, 6) is -0.0827. The number of benzene rings is 2. The number of amides is 2. The molecule has 2 atom stereocenters. The van der Waals surface area contributed by atoms with E-state index in [1.165, 1.54) is 12.1 Å². The maximum absolute atomic E-state index is 13.9. The molecule has 63 heavy (non-hydrogen) atoms. The number of pyridine rings is 1. The summed E-state index contributed by atoms with van der Waals surface area (Å²) in [6.45, 7) is 15.2. The Morgan fingerprint density at radius 1 is 0.889 bits per heavy atom. The van der Waals surface area contributed by atoms with E-state index in [1.807, 2.05) is 62.6 Å². The monoisotopic (exact) mass is 891 g/mol. The van der Waals surface area contributed by atoms with Gasteiger partial charge < -0.3 is 29.5 Å². The highest BCUT2D eigenvalue weighted by atomic mass is 32.2. The molecule has 2 amide bonds. The highest BCUT2D eigenvalue weighted by Gasteiger charge is 2.33. The Morgan fingerprint density at radius 3 is 2.22 bits per heavy atom. The largest absolute Gasteiger partial charge is 0.547 e. The fraction of sp³-hybridized carbons (Fsp3) is 0.562. The van der Waals surface area contributed by atoms with Crippen molar-refractivity contribution in [3.8, 4) is 5.75 Å². The van der Waals surface area contributed by atoms with Crippen LogP contribution in [0.2, 0.25) is 0 Å². The van der Waals surface area contributed by atoms with Gasteiger partial charge in [0.25, 0.3) is 10.1 Å². The van der Waals surface area contributed by atoms with Crippen LogP contribution in [0.1, 0.15) is 115 Å². The summed E-state index contributed by atoms with van der Waals surface area (Å²) < 4.78 is 48.9. The average Bonchev–Trinajstić information content (AvgIpc) is 3.23. The van der Waals surface area contributed by atoms with Crippen LogP contribution in [0.4, 0.5) is 0 Å². The van der Waals surface area contributed by atoms with E-state index in [1.54, 1.807) is 50.2 Å². The van der Waals surface area contributed by atoms with Crippen molar-refractivity contribution in [1.29, 1.82) is 0 Å². The fourth-order valence-corrected chi connectivity index (χ4v) is 8.59. The second-order valence-corrected chi connectivity index (χ2v) is 20.3. The first-order chi connectivity index (χ1) is 29.7. The number of nitrogens with one attached hydrogen (secondary N) is 1. The predicted octanol–water partition coefficient (Wildman–Crippen LogP) is 7.02. The molecule has 2 aliphatic rings. The van der Waals surface area contributed by atoms with Crippen molar-refractivity contribution in [1.82, 2.24) is 15.2 Å². The molecule has 14 nitrogen and oxygen atoms in total. The lowest BCUT2D eigenvalue weighted by atomic mass is 9.91. The van der Waals surface area contributed by atoms with Crippen LogP contribution in [-0.4, -0.2) is 102 Å². The number of aliphatic hydroxyl groups is 1. The highest BCUT2D eigenvalue weighted by Crippen LogP contribution is 2.26. The molecule has 5 rings (SSSR count). The zero-order valence-corrected chi connectivity index (χ0v) is 38.9. The van der Waals surface area contributed by atoms with Crippen LogP contribution in [0.25, 0.3) is 0 Å². The summed E-state index contributed by atoms with van der Waals surface area (Å²) in [5, 5.41) is 13.5. The molecular weight excluding hydrogens is 825 g/mol. The van der Waals surface area contributed by atoms with E-state index >= 15 is 0 Å². The second kappa shape index (κ2) is 22.1. The van der Waals surface area contributed by atoms with Gasteiger partial charge in [-0.2, -0.15) is 13.0 Å². The highest BCUT2D eigenvalue weighted by molar-refractivity contribution is 7.86. The molecule has 0 saturated carbocycles. The van der Waals surface area contributed by atoms with Gasteiger partial charge in [0.05, 0.1) is 23.3 Å². The molecular formula is C48H67N4O10S+. The third-order valence-electron chi connectivity index (χ3n) is 11.0. The Labute approximate surface area is 373 Å². The molecule has 3 aromatic rings. The Hall–Kier alpha value is -5.02. The molecule has 0 radical (unpaired) electrons. The number of likely N-dealkylation sites (tertiary alicyclic amines) is 1. The topological polar surface area (TPSA) is 174 Å². The number of carbonyl (C=O) groups excluding carboxylic acids is 3. The number of rotatable bonds is 17. The molecule has 2 fully saturated rings. The first-order valence-electron chi connectivity index (χ1n) is 22.1. The Kier molecular flexibility index (Phi) is 17.2. The smallest absolute Gasteiger partial charge is 0.491 e. The van der Waals surface area contributed by atoms with Gasteiger partial charge in [-0.3, -0.25) is 23.6 Å². The van der Waals surface area contributed by atoms with Crippen molar-refractivity contribution >= 4 is 34.0 Å². The zero-order chi connectivity index (χ0) is 45.8. The van der Waals surface area contributed by atoms with Crippen molar-refractivity contribution in [3.63, 3.8) is 0 Å². The number of piperidine rings is 2. The van der Waals surface area contributed by atoms with E-state index in [-0.39, 0.29) is 42.4 Å². The van der Waals surface area contributed by atoms with Gasteiger partial charge in [0.2, 0.25) is 11.8 Å². The SMILES string of the molecule is Cc1ccc(S(=O)(=O)OCCOc2ccc(CCc3cncc(C(CC(=O)OC(C)(C)C)NC(=O)[C@@H]4CCCN(C(=O)CCC5CC[N+](=C(O)OC(C)(C)C)CC5)C4)c3)cc2)cc1. The molecule has 1 unspecified atom stereocenters. The summed E-state index contributed by atoms with van der Waals surface area (Å²) in [5.41, 5.74) is 2.43. The normalized spacial score (nSPS) is 17.7. The van der Waals surface area contributed by atoms with E-state index in [0.29, 0.717) is 75.5 Å². The van der Waals surface area contributed by atoms with E-state index in [9.17, 15) is 27.9 Å². The molecule has 1 aromatic heterocycles. The van der Waals surface area contributed by atoms with Gasteiger partial charge in [-0.25, -0.2) is 0 Å². The number of hydrogen-bond acceptors (Lipinski definition) is 10. The summed E-state index contributed by atoms with van der Waals surface area (Å²) in [6.07, 6.45) is 8.87. The van der Waals surface area contributed by atoms with Gasteiger partial charge in [-0.15, -0.1) is 0 Å². The Morgan fingerprint density at radius 2 is 1.56 bits per heavy atom. The van der Waals surface area contributed by atoms with E-state index in [0.717, 1.165) is 36.0 Å². The van der Waals surface area contributed by atoms with Gasteiger partial charge in [0, 0.05) is 44.7 Å². The number of carbonyl (C=O) groups is 3. The lowest BCUT2D eigenvalue weighted by molar-refractivity contribution is -0.558. The first kappa shape index (κ1) is 49.0. The van der Waals surface area contributed by atoms with Crippen LogP contribution in [0, 0.1) is 18.8 Å². The molecule has 2 N–H and O–H groups in total. The lowest BCUT2D eigenvalue weighted by Gasteiger charge is -2.33. The minimum Gasteiger partial charge on any atom is -0.491 e. The maximum atomic E-state index is 13.9. The Bertz CT molecular complexity index is 2130. The quantitative estimate of drug-likeness (QED) is 0.0469. The minimum absolute atomic E-state index is 0.0431. The number of esters is 1. The predicted molar refractivity (Wildman–Crippen MR) is 239 cm³/mol. The molecule has 3 heterocycles. The van der Waals surface area contributed by atoms with E-state index in [2.05, 4.69) is 10.3 Å². The van der Waals surface area contributed by atoms with E-state index < -0.39 is 39.2 Å². The van der Waals surface area contributed by atoms with Gasteiger partial charge in [-0.05, 0) is 127 Å². The van der Waals surface area contributed by atoms with Gasteiger partial charge in [0.1, 0.15) is 43.3 Å². The van der Waals surface area contributed by atoms with Crippen LogP contribution < -0.4 is 10.1 Å². The molecule has 344 valence electrons. The van der Waals surface area contributed by atoms with Crippen molar-refractivity contribution in [3.05, 3.63) is 89.2 Å².